The monoisotopic (exact) mass is 359 g/mol. The van der Waals surface area contributed by atoms with Crippen molar-refractivity contribution in [2.24, 2.45) is 5.92 Å². The minimum atomic E-state index is -0.178. The molecule has 0 saturated heterocycles. The predicted octanol–water partition coefficient (Wildman–Crippen LogP) is 2.27. The summed E-state index contributed by atoms with van der Waals surface area (Å²) in [5.74, 6) is 1.75. The molecule has 1 aliphatic rings. The molecule has 0 N–H and O–H groups in total. The second-order valence-corrected chi connectivity index (χ2v) is 7.26. The van der Waals surface area contributed by atoms with Gasteiger partial charge in [-0.05, 0) is 18.8 Å². The molecule has 0 aliphatic heterocycles. The highest BCUT2D eigenvalue weighted by atomic mass is 16.5. The van der Waals surface area contributed by atoms with E-state index in [2.05, 4.69) is 10.1 Å². The fourth-order valence-electron chi connectivity index (χ4n) is 2.99. The third-order valence-electron chi connectivity index (χ3n) is 4.62. The number of aromatic nitrogens is 3. The van der Waals surface area contributed by atoms with Gasteiger partial charge in [-0.15, -0.1) is 0 Å². The summed E-state index contributed by atoms with van der Waals surface area (Å²) in [5, 5.41) is 3.86. The Balaban J connectivity index is 1.86. The Morgan fingerprint density at radius 3 is 2.77 bits per heavy atom. The minimum absolute atomic E-state index is 0.178. The molecule has 3 rings (SSSR count). The van der Waals surface area contributed by atoms with Crippen LogP contribution in [0.3, 0.4) is 0 Å². The molecular weight excluding hydrogens is 334 g/mol. The SMILES string of the molecule is CC(C)c1oncc1CN(C)C(=O)c1c(N(C)C=O)ncn1CC1CC1. The van der Waals surface area contributed by atoms with Crippen LogP contribution in [-0.4, -0.2) is 46.0 Å². The summed E-state index contributed by atoms with van der Waals surface area (Å²) in [6.45, 7) is 5.18. The van der Waals surface area contributed by atoms with Gasteiger partial charge in [-0.1, -0.05) is 19.0 Å². The number of carbonyl (C=O) groups excluding carboxylic acids is 2. The molecule has 2 heterocycles. The number of hydrogen-bond acceptors (Lipinski definition) is 5. The summed E-state index contributed by atoms with van der Waals surface area (Å²) >= 11 is 0. The molecule has 1 aliphatic carbocycles. The van der Waals surface area contributed by atoms with E-state index < -0.39 is 0 Å². The summed E-state index contributed by atoms with van der Waals surface area (Å²) in [6.07, 6.45) is 6.29. The van der Waals surface area contributed by atoms with Crippen LogP contribution in [0.2, 0.25) is 0 Å². The van der Waals surface area contributed by atoms with Crippen molar-refractivity contribution in [3.05, 3.63) is 29.5 Å². The summed E-state index contributed by atoms with van der Waals surface area (Å²) in [4.78, 5) is 31.6. The van der Waals surface area contributed by atoms with Crippen molar-refractivity contribution < 1.29 is 14.1 Å². The Bertz CT molecular complexity index is 791. The van der Waals surface area contributed by atoms with Crippen molar-refractivity contribution in [2.45, 2.75) is 45.7 Å². The van der Waals surface area contributed by atoms with Crippen LogP contribution in [0.5, 0.6) is 0 Å². The van der Waals surface area contributed by atoms with Crippen LogP contribution in [0.1, 0.15) is 54.4 Å². The van der Waals surface area contributed by atoms with Gasteiger partial charge in [-0.25, -0.2) is 4.98 Å². The highest BCUT2D eigenvalue weighted by Crippen LogP contribution is 2.32. The maximum absolute atomic E-state index is 13.1. The Morgan fingerprint density at radius 1 is 1.42 bits per heavy atom. The molecule has 0 aromatic carbocycles. The largest absolute Gasteiger partial charge is 0.361 e. The molecular formula is C18H25N5O3. The quantitative estimate of drug-likeness (QED) is 0.675. The molecule has 2 amide bonds. The third kappa shape index (κ3) is 3.63. The van der Waals surface area contributed by atoms with Crippen molar-refractivity contribution in [1.29, 1.82) is 0 Å². The van der Waals surface area contributed by atoms with Gasteiger partial charge in [0.05, 0.1) is 19.1 Å². The van der Waals surface area contributed by atoms with Gasteiger partial charge in [-0.3, -0.25) is 9.59 Å². The highest BCUT2D eigenvalue weighted by molar-refractivity contribution is 5.99. The smallest absolute Gasteiger partial charge is 0.274 e. The zero-order valence-electron chi connectivity index (χ0n) is 15.7. The normalized spacial score (nSPS) is 13.9. The number of rotatable bonds is 8. The number of hydrogen-bond donors (Lipinski definition) is 0. The molecule has 2 aromatic rings. The lowest BCUT2D eigenvalue weighted by molar-refractivity contribution is -0.107. The van der Waals surface area contributed by atoms with E-state index in [0.29, 0.717) is 30.4 Å². The van der Waals surface area contributed by atoms with Crippen molar-refractivity contribution >= 4 is 18.1 Å². The summed E-state index contributed by atoms with van der Waals surface area (Å²) in [5.41, 5.74) is 1.32. The maximum Gasteiger partial charge on any atom is 0.274 e. The molecule has 0 radical (unpaired) electrons. The first kappa shape index (κ1) is 18.2. The van der Waals surface area contributed by atoms with Crippen LogP contribution in [0.15, 0.2) is 17.0 Å². The Labute approximate surface area is 152 Å². The molecule has 26 heavy (non-hydrogen) atoms. The van der Waals surface area contributed by atoms with E-state index in [-0.39, 0.29) is 11.8 Å². The molecule has 0 unspecified atom stereocenters. The molecule has 1 fully saturated rings. The molecule has 1 saturated carbocycles. The minimum Gasteiger partial charge on any atom is -0.361 e. The molecule has 0 atom stereocenters. The average molecular weight is 359 g/mol. The van der Waals surface area contributed by atoms with E-state index in [1.54, 1.807) is 31.5 Å². The van der Waals surface area contributed by atoms with E-state index >= 15 is 0 Å². The zero-order valence-corrected chi connectivity index (χ0v) is 15.7. The number of amides is 2. The first-order valence-corrected chi connectivity index (χ1v) is 8.84. The molecule has 8 nitrogen and oxygen atoms in total. The molecule has 140 valence electrons. The number of carbonyl (C=O) groups is 2. The van der Waals surface area contributed by atoms with Gasteiger partial charge in [0, 0.05) is 32.1 Å². The van der Waals surface area contributed by atoms with Gasteiger partial charge in [0.25, 0.3) is 5.91 Å². The fourth-order valence-corrected chi connectivity index (χ4v) is 2.99. The number of nitrogens with zero attached hydrogens (tertiary/aromatic N) is 5. The van der Waals surface area contributed by atoms with Gasteiger partial charge in [0.1, 0.15) is 5.76 Å². The van der Waals surface area contributed by atoms with E-state index in [1.165, 1.54) is 17.7 Å². The Morgan fingerprint density at radius 2 is 2.15 bits per heavy atom. The van der Waals surface area contributed by atoms with E-state index in [0.717, 1.165) is 17.9 Å². The molecule has 0 bridgehead atoms. The lowest BCUT2D eigenvalue weighted by Crippen LogP contribution is -2.30. The van der Waals surface area contributed by atoms with Gasteiger partial charge >= 0.3 is 0 Å². The lowest BCUT2D eigenvalue weighted by Gasteiger charge is -2.20. The number of anilines is 1. The zero-order chi connectivity index (χ0) is 18.8. The summed E-state index contributed by atoms with van der Waals surface area (Å²) < 4.78 is 7.17. The predicted molar refractivity (Wildman–Crippen MR) is 95.8 cm³/mol. The van der Waals surface area contributed by atoms with Crippen molar-refractivity contribution in [2.75, 3.05) is 19.0 Å². The average Bonchev–Trinajstić information content (AvgIpc) is 3.14. The molecule has 0 spiro atoms. The van der Waals surface area contributed by atoms with Crippen LogP contribution in [-0.2, 0) is 17.9 Å². The second kappa shape index (κ2) is 7.31. The van der Waals surface area contributed by atoms with Gasteiger partial charge in [0.15, 0.2) is 11.5 Å². The van der Waals surface area contributed by atoms with E-state index in [1.807, 2.05) is 18.4 Å². The standard InChI is InChI=1S/C18H25N5O3/c1-12(2)16-14(7-20-26-16)9-21(3)18(25)15-17(22(4)11-24)19-10-23(15)8-13-5-6-13/h7,10-13H,5-6,8-9H2,1-4H3. The third-order valence-corrected chi connectivity index (χ3v) is 4.62. The molecule has 2 aromatic heterocycles. The summed E-state index contributed by atoms with van der Waals surface area (Å²) in [6, 6.07) is 0. The highest BCUT2D eigenvalue weighted by Gasteiger charge is 2.29. The van der Waals surface area contributed by atoms with Crippen LogP contribution in [0.25, 0.3) is 0 Å². The molecule has 8 heteroatoms. The van der Waals surface area contributed by atoms with Crippen LogP contribution >= 0.6 is 0 Å². The van der Waals surface area contributed by atoms with Crippen molar-refractivity contribution in [3.8, 4) is 0 Å². The maximum atomic E-state index is 13.1. The Hall–Kier alpha value is -2.64. The lowest BCUT2D eigenvalue weighted by atomic mass is 10.1. The van der Waals surface area contributed by atoms with Crippen LogP contribution < -0.4 is 4.90 Å². The van der Waals surface area contributed by atoms with Gasteiger partial charge in [-0.2, -0.15) is 0 Å². The van der Waals surface area contributed by atoms with Crippen molar-refractivity contribution in [3.63, 3.8) is 0 Å². The van der Waals surface area contributed by atoms with Crippen LogP contribution in [0.4, 0.5) is 5.82 Å². The van der Waals surface area contributed by atoms with Crippen molar-refractivity contribution in [1.82, 2.24) is 19.6 Å². The Kier molecular flexibility index (Phi) is 5.11. The number of imidazole rings is 1. The van der Waals surface area contributed by atoms with Crippen LogP contribution in [0, 0.1) is 5.92 Å². The first-order chi connectivity index (χ1) is 12.4. The fraction of sp³-hybridized carbons (Fsp3) is 0.556. The topological polar surface area (TPSA) is 84.5 Å². The summed E-state index contributed by atoms with van der Waals surface area (Å²) in [7, 11) is 3.34. The first-order valence-electron chi connectivity index (χ1n) is 8.84. The van der Waals surface area contributed by atoms with E-state index in [4.69, 9.17) is 4.52 Å². The van der Waals surface area contributed by atoms with Gasteiger partial charge in [0.2, 0.25) is 6.41 Å². The van der Waals surface area contributed by atoms with E-state index in [9.17, 15) is 9.59 Å². The van der Waals surface area contributed by atoms with Gasteiger partial charge < -0.3 is 18.9 Å². The second-order valence-electron chi connectivity index (χ2n) is 7.26.